The van der Waals surface area contributed by atoms with Gasteiger partial charge in [-0.25, -0.2) is 4.39 Å². The molecule has 8 heteroatoms. The van der Waals surface area contributed by atoms with Gasteiger partial charge in [-0.2, -0.15) is 0 Å². The molecule has 174 valence electrons. The molecule has 0 unspecified atom stereocenters. The third-order valence-electron chi connectivity index (χ3n) is 5.21. The number of methoxy groups -OCH3 is 1. The molecule has 0 aliphatic carbocycles. The number of carbonyl (C=O) groups is 2. The molecule has 0 N–H and O–H groups in total. The minimum absolute atomic E-state index is 0.110. The number of hydrogen-bond acceptors (Lipinski definition) is 5. The van der Waals surface area contributed by atoms with Gasteiger partial charge in [0.1, 0.15) is 12.4 Å². The fraction of sp³-hybridized carbons (Fsp3) is 0.154. The minimum Gasteiger partial charge on any atom is -0.493 e. The molecule has 1 saturated heterocycles. The number of imide groups is 1. The predicted molar refractivity (Wildman–Crippen MR) is 139 cm³/mol. The van der Waals surface area contributed by atoms with Crippen molar-refractivity contribution in [2.45, 2.75) is 20.1 Å². The van der Waals surface area contributed by atoms with Gasteiger partial charge in [0, 0.05) is 5.56 Å². The van der Waals surface area contributed by atoms with Crippen LogP contribution >= 0.6 is 34.4 Å². The summed E-state index contributed by atoms with van der Waals surface area (Å²) in [5.74, 6) is 0.224. The van der Waals surface area contributed by atoms with Crippen molar-refractivity contribution in [1.82, 2.24) is 4.90 Å². The van der Waals surface area contributed by atoms with Gasteiger partial charge in [0.25, 0.3) is 11.1 Å². The Labute approximate surface area is 215 Å². The Morgan fingerprint density at radius 1 is 1.09 bits per heavy atom. The topological polar surface area (TPSA) is 55.8 Å². The number of aryl methyl sites for hydroxylation is 1. The lowest BCUT2D eigenvalue weighted by Crippen LogP contribution is -2.27. The van der Waals surface area contributed by atoms with E-state index in [-0.39, 0.29) is 17.0 Å². The Balaban J connectivity index is 1.53. The van der Waals surface area contributed by atoms with Gasteiger partial charge in [-0.3, -0.25) is 14.5 Å². The van der Waals surface area contributed by atoms with Crippen LogP contribution in [-0.2, 0) is 17.9 Å². The molecule has 2 amide bonds. The molecule has 0 radical (unpaired) electrons. The lowest BCUT2D eigenvalue weighted by Gasteiger charge is -2.14. The van der Waals surface area contributed by atoms with Crippen LogP contribution in [0.5, 0.6) is 11.5 Å². The maximum Gasteiger partial charge on any atom is 0.293 e. The minimum atomic E-state index is -0.453. The first-order chi connectivity index (χ1) is 16.4. The summed E-state index contributed by atoms with van der Waals surface area (Å²) in [6.45, 7) is 2.31. The second kappa shape index (κ2) is 10.6. The maximum atomic E-state index is 14.0. The number of ether oxygens (including phenoxy) is 2. The first-order valence-corrected chi connectivity index (χ1v) is 12.3. The van der Waals surface area contributed by atoms with Crippen LogP contribution in [0.2, 0.25) is 0 Å². The number of nitrogens with zero attached hydrogens (tertiary/aromatic N) is 1. The molecule has 1 aliphatic heterocycles. The molecule has 0 spiro atoms. The summed E-state index contributed by atoms with van der Waals surface area (Å²) in [5, 5.41) is -0.431. The van der Waals surface area contributed by atoms with E-state index in [1.54, 1.807) is 37.5 Å². The lowest BCUT2D eigenvalue weighted by atomic mass is 10.1. The molecule has 3 aromatic carbocycles. The number of amides is 2. The Kier molecular flexibility index (Phi) is 7.57. The van der Waals surface area contributed by atoms with Gasteiger partial charge in [-0.15, -0.1) is 0 Å². The first kappa shape index (κ1) is 24.3. The third-order valence-corrected chi connectivity index (χ3v) is 6.92. The van der Waals surface area contributed by atoms with E-state index in [0.717, 1.165) is 25.8 Å². The van der Waals surface area contributed by atoms with E-state index in [9.17, 15) is 14.0 Å². The van der Waals surface area contributed by atoms with Gasteiger partial charge in [0.05, 0.1) is 22.1 Å². The molecule has 0 aromatic heterocycles. The van der Waals surface area contributed by atoms with Crippen LogP contribution in [0, 0.1) is 16.3 Å². The predicted octanol–water partition coefficient (Wildman–Crippen LogP) is 6.56. The molecule has 1 heterocycles. The van der Waals surface area contributed by atoms with Gasteiger partial charge < -0.3 is 9.47 Å². The SMILES string of the molecule is COc1cc(/C=C2\SC(=O)N(Cc3ccccc3F)C2=O)cc(I)c1OCc1ccc(C)cc1. The Hall–Kier alpha value is -2.85. The zero-order valence-corrected chi connectivity index (χ0v) is 21.5. The Bertz CT molecular complexity index is 1280. The molecular formula is C26H21FINO4S. The van der Waals surface area contributed by atoms with Crippen LogP contribution in [0.1, 0.15) is 22.3 Å². The van der Waals surface area contributed by atoms with Crippen molar-refractivity contribution in [2.75, 3.05) is 7.11 Å². The van der Waals surface area contributed by atoms with Crippen molar-refractivity contribution < 1.29 is 23.5 Å². The highest BCUT2D eigenvalue weighted by Gasteiger charge is 2.35. The van der Waals surface area contributed by atoms with E-state index in [1.165, 1.54) is 11.6 Å². The molecule has 1 aliphatic rings. The Morgan fingerprint density at radius 3 is 2.53 bits per heavy atom. The second-order valence-corrected chi connectivity index (χ2v) is 9.82. The molecule has 0 bridgehead atoms. The maximum absolute atomic E-state index is 14.0. The van der Waals surface area contributed by atoms with Crippen molar-refractivity contribution in [2.24, 2.45) is 0 Å². The first-order valence-electron chi connectivity index (χ1n) is 10.4. The van der Waals surface area contributed by atoms with Gasteiger partial charge in [0.2, 0.25) is 0 Å². The monoisotopic (exact) mass is 589 g/mol. The fourth-order valence-electron chi connectivity index (χ4n) is 3.39. The molecule has 5 nitrogen and oxygen atoms in total. The van der Waals surface area contributed by atoms with Crippen molar-refractivity contribution in [3.8, 4) is 11.5 Å². The summed E-state index contributed by atoms with van der Waals surface area (Å²) in [5.41, 5.74) is 3.20. The van der Waals surface area contributed by atoms with Crippen molar-refractivity contribution >= 4 is 51.6 Å². The number of hydrogen-bond donors (Lipinski definition) is 0. The quantitative estimate of drug-likeness (QED) is 0.231. The molecule has 3 aromatic rings. The van der Waals surface area contributed by atoms with Crippen molar-refractivity contribution in [1.29, 1.82) is 0 Å². The van der Waals surface area contributed by atoms with E-state index in [0.29, 0.717) is 23.7 Å². The van der Waals surface area contributed by atoms with Crippen LogP contribution < -0.4 is 9.47 Å². The van der Waals surface area contributed by atoms with Gasteiger partial charge in [-0.05, 0) is 76.7 Å². The summed E-state index contributed by atoms with van der Waals surface area (Å²) < 4.78 is 26.4. The van der Waals surface area contributed by atoms with E-state index in [1.807, 2.05) is 37.3 Å². The number of thioether (sulfide) groups is 1. The summed E-state index contributed by atoms with van der Waals surface area (Å²) in [7, 11) is 1.55. The molecule has 0 atom stereocenters. The van der Waals surface area contributed by atoms with Crippen LogP contribution in [0.3, 0.4) is 0 Å². The fourth-order valence-corrected chi connectivity index (χ4v) is 5.01. The molecule has 34 heavy (non-hydrogen) atoms. The van der Waals surface area contributed by atoms with E-state index in [4.69, 9.17) is 9.47 Å². The van der Waals surface area contributed by atoms with Crippen LogP contribution in [0.4, 0.5) is 9.18 Å². The molecule has 4 rings (SSSR count). The molecule has 0 saturated carbocycles. The van der Waals surface area contributed by atoms with E-state index >= 15 is 0 Å². The molecular weight excluding hydrogens is 568 g/mol. The highest BCUT2D eigenvalue weighted by molar-refractivity contribution is 14.1. The summed E-state index contributed by atoms with van der Waals surface area (Å²) in [6, 6.07) is 17.8. The van der Waals surface area contributed by atoms with Crippen LogP contribution in [0.25, 0.3) is 6.08 Å². The summed E-state index contributed by atoms with van der Waals surface area (Å²) >= 11 is 2.99. The number of carbonyl (C=O) groups excluding carboxylic acids is 2. The zero-order chi connectivity index (χ0) is 24.2. The smallest absolute Gasteiger partial charge is 0.293 e. The summed E-state index contributed by atoms with van der Waals surface area (Å²) in [6.07, 6.45) is 1.64. The average molecular weight is 589 g/mol. The highest BCUT2D eigenvalue weighted by atomic mass is 127. The standard InChI is InChI=1S/C26H21FINO4S/c1-16-7-9-17(10-8-16)15-33-24-21(28)11-18(12-22(24)32-2)13-23-25(30)29(26(31)34-23)14-19-5-3-4-6-20(19)27/h3-13H,14-15H2,1-2H3/b23-13-. The van der Waals surface area contributed by atoms with E-state index in [2.05, 4.69) is 22.6 Å². The lowest BCUT2D eigenvalue weighted by molar-refractivity contribution is -0.123. The largest absolute Gasteiger partial charge is 0.493 e. The number of benzene rings is 3. The van der Waals surface area contributed by atoms with Gasteiger partial charge in [-0.1, -0.05) is 48.0 Å². The van der Waals surface area contributed by atoms with Crippen LogP contribution in [0.15, 0.2) is 65.6 Å². The van der Waals surface area contributed by atoms with Crippen LogP contribution in [-0.4, -0.2) is 23.2 Å². The number of halogens is 2. The molecule has 1 fully saturated rings. The van der Waals surface area contributed by atoms with E-state index < -0.39 is 17.0 Å². The third kappa shape index (κ3) is 5.44. The van der Waals surface area contributed by atoms with Gasteiger partial charge >= 0.3 is 0 Å². The highest BCUT2D eigenvalue weighted by Crippen LogP contribution is 2.38. The summed E-state index contributed by atoms with van der Waals surface area (Å²) in [4.78, 5) is 26.6. The Morgan fingerprint density at radius 2 is 1.82 bits per heavy atom. The van der Waals surface area contributed by atoms with Crippen molar-refractivity contribution in [3.05, 3.63) is 97.2 Å². The van der Waals surface area contributed by atoms with Crippen molar-refractivity contribution in [3.63, 3.8) is 0 Å². The average Bonchev–Trinajstić information content (AvgIpc) is 3.07. The number of rotatable bonds is 7. The second-order valence-electron chi connectivity index (χ2n) is 7.67. The zero-order valence-electron chi connectivity index (χ0n) is 18.5. The normalized spacial score (nSPS) is 14.7. The van der Waals surface area contributed by atoms with Gasteiger partial charge in [0.15, 0.2) is 11.5 Å².